The second-order valence-electron chi connectivity index (χ2n) is 7.84. The van der Waals surface area contributed by atoms with E-state index >= 15 is 0 Å². The molecule has 4 aromatic rings. The Balaban J connectivity index is 1.46. The van der Waals surface area contributed by atoms with Crippen LogP contribution in [0.15, 0.2) is 97.1 Å². The molecular weight excluding hydrogens is 438 g/mol. The third-order valence-corrected chi connectivity index (χ3v) is 5.49. The Morgan fingerprint density at radius 3 is 2.37 bits per heavy atom. The minimum Gasteiger partial charge on any atom is -0.489 e. The molecule has 0 aromatic heterocycles. The van der Waals surface area contributed by atoms with Crippen LogP contribution in [-0.2, 0) is 6.61 Å². The number of benzene rings is 4. The van der Waals surface area contributed by atoms with Crippen LogP contribution in [0.4, 0.5) is 11.4 Å². The number of anilines is 2. The van der Waals surface area contributed by atoms with Crippen LogP contribution in [0.25, 0.3) is 0 Å². The predicted molar refractivity (Wildman–Crippen MR) is 135 cm³/mol. The highest BCUT2D eigenvalue weighted by molar-refractivity contribution is 6.08. The minimum atomic E-state index is -0.323. The molecule has 6 nitrogen and oxygen atoms in total. The Labute approximate surface area is 203 Å². The van der Waals surface area contributed by atoms with Crippen LogP contribution >= 0.6 is 0 Å². The molecule has 4 rings (SSSR count). The van der Waals surface area contributed by atoms with Crippen LogP contribution in [0.5, 0.6) is 5.75 Å². The van der Waals surface area contributed by atoms with Crippen molar-refractivity contribution in [1.29, 1.82) is 5.26 Å². The van der Waals surface area contributed by atoms with Gasteiger partial charge in [-0.15, -0.1) is 0 Å². The molecule has 35 heavy (non-hydrogen) atoms. The SMILES string of the molecule is Cc1c(NC(=O)c2cccc(OCc3ccccc3C#N)c2)cccc1C(=O)Nc1ccccc1. The Morgan fingerprint density at radius 2 is 1.57 bits per heavy atom. The van der Waals surface area contributed by atoms with Crippen molar-refractivity contribution in [2.45, 2.75) is 13.5 Å². The van der Waals surface area contributed by atoms with Crippen molar-refractivity contribution in [2.24, 2.45) is 0 Å². The first-order chi connectivity index (χ1) is 17.0. The molecule has 6 heteroatoms. The Bertz CT molecular complexity index is 1410. The van der Waals surface area contributed by atoms with Crippen molar-refractivity contribution in [3.05, 3.63) is 125 Å². The fourth-order valence-corrected chi connectivity index (χ4v) is 3.57. The van der Waals surface area contributed by atoms with Crippen molar-refractivity contribution in [3.63, 3.8) is 0 Å². The highest BCUT2D eigenvalue weighted by atomic mass is 16.5. The molecule has 0 spiro atoms. The summed E-state index contributed by atoms with van der Waals surface area (Å²) >= 11 is 0. The van der Waals surface area contributed by atoms with Gasteiger partial charge in [-0.2, -0.15) is 5.26 Å². The van der Waals surface area contributed by atoms with Crippen molar-refractivity contribution in [2.75, 3.05) is 10.6 Å². The smallest absolute Gasteiger partial charge is 0.256 e. The third-order valence-electron chi connectivity index (χ3n) is 5.49. The zero-order valence-electron chi connectivity index (χ0n) is 19.1. The standard InChI is InChI=1S/C29H23N3O3/c1-20-26(29(34)31-24-12-3-2-4-13-24)15-8-16-27(20)32-28(33)21-11-7-14-25(17-21)35-19-23-10-6-5-9-22(23)18-30/h2-17H,19H2,1H3,(H,31,34)(H,32,33). The zero-order chi connectivity index (χ0) is 24.6. The summed E-state index contributed by atoms with van der Waals surface area (Å²) in [5.41, 5.74) is 4.11. The molecule has 4 aromatic carbocycles. The molecule has 2 amide bonds. The van der Waals surface area contributed by atoms with Gasteiger partial charge in [0.1, 0.15) is 12.4 Å². The van der Waals surface area contributed by atoms with Gasteiger partial charge in [0.2, 0.25) is 0 Å². The molecule has 0 radical (unpaired) electrons. The van der Waals surface area contributed by atoms with E-state index in [1.807, 2.05) is 42.5 Å². The number of hydrogen-bond acceptors (Lipinski definition) is 4. The summed E-state index contributed by atoms with van der Waals surface area (Å²) in [6.07, 6.45) is 0. The molecule has 0 saturated carbocycles. The second kappa shape index (κ2) is 10.8. The van der Waals surface area contributed by atoms with E-state index < -0.39 is 0 Å². The van der Waals surface area contributed by atoms with Crippen molar-refractivity contribution < 1.29 is 14.3 Å². The number of carbonyl (C=O) groups is 2. The largest absolute Gasteiger partial charge is 0.489 e. The van der Waals surface area contributed by atoms with Gasteiger partial charge in [-0.05, 0) is 61.0 Å². The number of amides is 2. The highest BCUT2D eigenvalue weighted by Gasteiger charge is 2.15. The zero-order valence-corrected chi connectivity index (χ0v) is 19.1. The van der Waals surface area contributed by atoms with Crippen LogP contribution < -0.4 is 15.4 Å². The molecule has 0 aliphatic heterocycles. The van der Waals surface area contributed by atoms with Crippen LogP contribution in [0.3, 0.4) is 0 Å². The normalized spacial score (nSPS) is 10.2. The second-order valence-corrected chi connectivity index (χ2v) is 7.84. The Morgan fingerprint density at radius 1 is 0.829 bits per heavy atom. The van der Waals surface area contributed by atoms with E-state index in [0.717, 1.165) is 5.56 Å². The molecule has 0 unspecified atom stereocenters. The summed E-state index contributed by atoms with van der Waals surface area (Å²) in [7, 11) is 0. The van der Waals surface area contributed by atoms with E-state index in [0.29, 0.717) is 39.4 Å². The lowest BCUT2D eigenvalue weighted by molar-refractivity contribution is 0.101. The lowest BCUT2D eigenvalue weighted by atomic mass is 10.1. The molecule has 0 saturated heterocycles. The number of para-hydroxylation sites is 1. The monoisotopic (exact) mass is 461 g/mol. The lowest BCUT2D eigenvalue weighted by Gasteiger charge is -2.13. The number of rotatable bonds is 7. The van der Waals surface area contributed by atoms with Gasteiger partial charge in [0.25, 0.3) is 11.8 Å². The number of hydrogen-bond donors (Lipinski definition) is 2. The predicted octanol–water partition coefficient (Wildman–Crippen LogP) is 5.95. The molecular formula is C29H23N3O3. The van der Waals surface area contributed by atoms with Gasteiger partial charge >= 0.3 is 0 Å². The average Bonchev–Trinajstić information content (AvgIpc) is 2.89. The van der Waals surface area contributed by atoms with Gasteiger partial charge in [-0.3, -0.25) is 9.59 Å². The van der Waals surface area contributed by atoms with E-state index in [2.05, 4.69) is 16.7 Å². The molecule has 0 heterocycles. The number of carbonyl (C=O) groups excluding carboxylic acids is 2. The number of nitrogens with zero attached hydrogens (tertiary/aromatic N) is 1. The maximum Gasteiger partial charge on any atom is 0.256 e. The van der Waals surface area contributed by atoms with Crippen LogP contribution in [0.2, 0.25) is 0 Å². The molecule has 0 fully saturated rings. The molecule has 0 aliphatic carbocycles. The summed E-state index contributed by atoms with van der Waals surface area (Å²) in [5, 5.41) is 15.0. The first kappa shape index (κ1) is 23.3. The molecule has 172 valence electrons. The van der Waals surface area contributed by atoms with Crippen molar-refractivity contribution in [1.82, 2.24) is 0 Å². The lowest BCUT2D eigenvalue weighted by Crippen LogP contribution is -2.17. The number of nitrogens with one attached hydrogen (secondary N) is 2. The van der Waals surface area contributed by atoms with Crippen molar-refractivity contribution in [3.8, 4) is 11.8 Å². The van der Waals surface area contributed by atoms with E-state index in [1.165, 1.54) is 0 Å². The Hall–Kier alpha value is -4.89. The Kier molecular flexibility index (Phi) is 7.19. The van der Waals surface area contributed by atoms with Gasteiger partial charge in [0.15, 0.2) is 0 Å². The number of ether oxygens (including phenoxy) is 1. The third kappa shape index (κ3) is 5.73. The van der Waals surface area contributed by atoms with E-state index in [4.69, 9.17) is 4.74 Å². The molecule has 2 N–H and O–H groups in total. The van der Waals surface area contributed by atoms with E-state index in [1.54, 1.807) is 61.5 Å². The van der Waals surface area contributed by atoms with Gasteiger partial charge in [0, 0.05) is 28.1 Å². The van der Waals surface area contributed by atoms with Gasteiger partial charge in [0.05, 0.1) is 11.6 Å². The minimum absolute atomic E-state index is 0.215. The molecule has 0 aliphatic rings. The summed E-state index contributed by atoms with van der Waals surface area (Å²) < 4.78 is 5.82. The highest BCUT2D eigenvalue weighted by Crippen LogP contribution is 2.22. The van der Waals surface area contributed by atoms with E-state index in [-0.39, 0.29) is 18.4 Å². The maximum atomic E-state index is 13.0. The fraction of sp³-hybridized carbons (Fsp3) is 0.0690. The van der Waals surface area contributed by atoms with Crippen LogP contribution in [-0.4, -0.2) is 11.8 Å². The summed E-state index contributed by atoms with van der Waals surface area (Å²) in [6.45, 7) is 2.01. The average molecular weight is 462 g/mol. The fourth-order valence-electron chi connectivity index (χ4n) is 3.57. The molecule has 0 bridgehead atoms. The van der Waals surface area contributed by atoms with Gasteiger partial charge in [-0.25, -0.2) is 0 Å². The first-order valence-corrected chi connectivity index (χ1v) is 11.0. The van der Waals surface area contributed by atoms with Gasteiger partial charge in [-0.1, -0.05) is 48.5 Å². The molecule has 0 atom stereocenters. The van der Waals surface area contributed by atoms with E-state index in [9.17, 15) is 14.9 Å². The summed E-state index contributed by atoms with van der Waals surface area (Å²) in [6, 6.07) is 30.6. The van der Waals surface area contributed by atoms with Crippen molar-refractivity contribution >= 4 is 23.2 Å². The van der Waals surface area contributed by atoms with Crippen LogP contribution in [0, 0.1) is 18.3 Å². The summed E-state index contributed by atoms with van der Waals surface area (Å²) in [5.74, 6) is -0.0625. The quantitative estimate of drug-likeness (QED) is 0.356. The summed E-state index contributed by atoms with van der Waals surface area (Å²) in [4.78, 5) is 25.7. The first-order valence-electron chi connectivity index (χ1n) is 11.0. The maximum absolute atomic E-state index is 13.0. The van der Waals surface area contributed by atoms with Gasteiger partial charge < -0.3 is 15.4 Å². The number of nitriles is 1. The van der Waals surface area contributed by atoms with Crippen LogP contribution in [0.1, 0.15) is 37.4 Å². The topological polar surface area (TPSA) is 91.2 Å².